The van der Waals surface area contributed by atoms with Crippen LogP contribution < -0.4 is 5.32 Å². The van der Waals surface area contributed by atoms with Crippen molar-refractivity contribution in [1.82, 2.24) is 10.2 Å². The van der Waals surface area contributed by atoms with Crippen molar-refractivity contribution < 1.29 is 9.53 Å². The summed E-state index contributed by atoms with van der Waals surface area (Å²) >= 11 is 0. The molecule has 1 aromatic carbocycles. The minimum atomic E-state index is 0.0934. The Morgan fingerprint density at radius 3 is 2.88 bits per heavy atom. The number of nitrogens with zero attached hydrogens (tertiary/aromatic N) is 1. The number of rotatable bonds is 6. The number of likely N-dealkylation sites (tertiary alicyclic amines) is 1. The zero-order valence-corrected chi connectivity index (χ0v) is 15.0. The molecule has 0 spiro atoms. The SMILES string of the molecule is Cc1ccccc1CC1CN(C(=O)N[C@@H](C)CC[C@@H]2CCCO2)C1. The quantitative estimate of drug-likeness (QED) is 0.867. The van der Waals surface area contributed by atoms with Gasteiger partial charge in [-0.15, -0.1) is 0 Å². The van der Waals surface area contributed by atoms with Crippen molar-refractivity contribution in [2.45, 2.75) is 58.1 Å². The van der Waals surface area contributed by atoms with Gasteiger partial charge in [0.2, 0.25) is 0 Å². The van der Waals surface area contributed by atoms with Crippen molar-refractivity contribution in [3.8, 4) is 0 Å². The van der Waals surface area contributed by atoms with E-state index in [1.807, 2.05) is 4.90 Å². The Kier molecular flexibility index (Phi) is 5.77. The van der Waals surface area contributed by atoms with Crippen LogP contribution in [0.5, 0.6) is 0 Å². The van der Waals surface area contributed by atoms with E-state index in [-0.39, 0.29) is 12.1 Å². The van der Waals surface area contributed by atoms with E-state index < -0.39 is 0 Å². The van der Waals surface area contributed by atoms with Crippen LogP contribution in [0.2, 0.25) is 0 Å². The standard InChI is InChI=1S/C20H30N2O2/c1-15-6-3-4-7-18(15)12-17-13-22(14-17)20(23)21-16(2)9-10-19-8-5-11-24-19/h3-4,6-7,16-17,19H,5,8-14H2,1-2H3,(H,21,23)/t16-,19-/m0/s1. The first-order chi connectivity index (χ1) is 11.6. The van der Waals surface area contributed by atoms with Crippen LogP contribution in [-0.4, -0.2) is 42.8 Å². The highest BCUT2D eigenvalue weighted by atomic mass is 16.5. The Labute approximate surface area is 145 Å². The number of nitrogens with one attached hydrogen (secondary N) is 1. The summed E-state index contributed by atoms with van der Waals surface area (Å²) in [5.41, 5.74) is 2.76. The molecule has 4 heteroatoms. The van der Waals surface area contributed by atoms with Crippen LogP contribution in [0, 0.1) is 12.8 Å². The average Bonchev–Trinajstić information content (AvgIpc) is 3.03. The number of carbonyl (C=O) groups excluding carboxylic acids is 1. The van der Waals surface area contributed by atoms with Gasteiger partial charge in [0.05, 0.1) is 6.10 Å². The molecular weight excluding hydrogens is 300 g/mol. The lowest BCUT2D eigenvalue weighted by molar-refractivity contribution is 0.0977. The number of carbonyl (C=O) groups is 1. The highest BCUT2D eigenvalue weighted by Crippen LogP contribution is 2.22. The molecule has 0 aliphatic carbocycles. The van der Waals surface area contributed by atoms with Gasteiger partial charge in [-0.05, 0) is 63.0 Å². The van der Waals surface area contributed by atoms with Gasteiger partial charge in [0, 0.05) is 25.7 Å². The number of amides is 2. The van der Waals surface area contributed by atoms with Crippen LogP contribution in [0.4, 0.5) is 4.79 Å². The third-order valence-electron chi connectivity index (χ3n) is 5.33. The Hall–Kier alpha value is -1.55. The van der Waals surface area contributed by atoms with Gasteiger partial charge in [0.1, 0.15) is 0 Å². The lowest BCUT2D eigenvalue weighted by Crippen LogP contribution is -2.55. The molecule has 2 aliphatic rings. The maximum Gasteiger partial charge on any atom is 0.317 e. The summed E-state index contributed by atoms with van der Waals surface area (Å²) in [5, 5.41) is 3.13. The molecule has 2 atom stereocenters. The van der Waals surface area contributed by atoms with Crippen molar-refractivity contribution in [3.63, 3.8) is 0 Å². The molecule has 24 heavy (non-hydrogen) atoms. The van der Waals surface area contributed by atoms with Crippen molar-refractivity contribution in [3.05, 3.63) is 35.4 Å². The van der Waals surface area contributed by atoms with Gasteiger partial charge < -0.3 is 15.0 Å². The summed E-state index contributed by atoms with van der Waals surface area (Å²) in [6.07, 6.45) is 5.89. The lowest BCUT2D eigenvalue weighted by atomic mass is 9.90. The van der Waals surface area contributed by atoms with Gasteiger partial charge in [-0.2, -0.15) is 0 Å². The predicted molar refractivity (Wildman–Crippen MR) is 96.1 cm³/mol. The second-order valence-electron chi connectivity index (χ2n) is 7.46. The molecule has 1 N–H and O–H groups in total. The van der Waals surface area contributed by atoms with Gasteiger partial charge in [-0.25, -0.2) is 4.79 Å². The molecule has 0 radical (unpaired) electrons. The third kappa shape index (κ3) is 4.50. The normalized spacial score (nSPS) is 22.2. The van der Waals surface area contributed by atoms with E-state index in [0.29, 0.717) is 12.0 Å². The number of benzene rings is 1. The molecule has 132 valence electrons. The van der Waals surface area contributed by atoms with E-state index in [2.05, 4.69) is 43.4 Å². The maximum atomic E-state index is 12.3. The molecule has 3 rings (SSSR count). The molecule has 2 saturated heterocycles. The second-order valence-corrected chi connectivity index (χ2v) is 7.46. The van der Waals surface area contributed by atoms with Gasteiger partial charge in [0.15, 0.2) is 0 Å². The Morgan fingerprint density at radius 2 is 2.17 bits per heavy atom. The number of urea groups is 1. The Balaban J connectivity index is 1.34. The fourth-order valence-corrected chi connectivity index (χ4v) is 3.70. The highest BCUT2D eigenvalue weighted by molar-refractivity contribution is 5.75. The van der Waals surface area contributed by atoms with Crippen LogP contribution >= 0.6 is 0 Å². The first kappa shape index (κ1) is 17.3. The van der Waals surface area contributed by atoms with Crippen LogP contribution in [0.3, 0.4) is 0 Å². The largest absolute Gasteiger partial charge is 0.378 e. The van der Waals surface area contributed by atoms with Crippen molar-refractivity contribution in [2.24, 2.45) is 5.92 Å². The molecule has 0 bridgehead atoms. The molecule has 4 nitrogen and oxygen atoms in total. The molecular formula is C20H30N2O2. The highest BCUT2D eigenvalue weighted by Gasteiger charge is 2.31. The zero-order valence-electron chi connectivity index (χ0n) is 15.0. The number of ether oxygens (including phenoxy) is 1. The van der Waals surface area contributed by atoms with E-state index in [9.17, 15) is 4.79 Å². The fourth-order valence-electron chi connectivity index (χ4n) is 3.70. The molecule has 2 aliphatic heterocycles. The summed E-state index contributed by atoms with van der Waals surface area (Å²) in [5.74, 6) is 0.596. The molecule has 0 saturated carbocycles. The minimum Gasteiger partial charge on any atom is -0.378 e. The van der Waals surface area contributed by atoms with E-state index in [0.717, 1.165) is 39.0 Å². The Morgan fingerprint density at radius 1 is 1.38 bits per heavy atom. The van der Waals surface area contributed by atoms with E-state index >= 15 is 0 Å². The molecule has 0 unspecified atom stereocenters. The fraction of sp³-hybridized carbons (Fsp3) is 0.650. The molecule has 2 heterocycles. The summed E-state index contributed by atoms with van der Waals surface area (Å²) < 4.78 is 5.65. The number of aryl methyl sites for hydroxylation is 1. The van der Waals surface area contributed by atoms with Crippen molar-refractivity contribution in [2.75, 3.05) is 19.7 Å². The van der Waals surface area contributed by atoms with Gasteiger partial charge in [0.25, 0.3) is 0 Å². The van der Waals surface area contributed by atoms with Crippen molar-refractivity contribution in [1.29, 1.82) is 0 Å². The van der Waals surface area contributed by atoms with Gasteiger partial charge >= 0.3 is 6.03 Å². The smallest absolute Gasteiger partial charge is 0.317 e. The van der Waals surface area contributed by atoms with Crippen LogP contribution in [0.15, 0.2) is 24.3 Å². The second kappa shape index (κ2) is 8.02. The first-order valence-electron chi connectivity index (χ1n) is 9.33. The topological polar surface area (TPSA) is 41.6 Å². The number of hydrogen-bond acceptors (Lipinski definition) is 2. The summed E-state index contributed by atoms with van der Waals surface area (Å²) in [4.78, 5) is 14.2. The van der Waals surface area contributed by atoms with Crippen LogP contribution in [0.1, 0.15) is 43.7 Å². The van der Waals surface area contributed by atoms with E-state index in [1.54, 1.807) is 0 Å². The molecule has 2 fully saturated rings. The first-order valence-corrected chi connectivity index (χ1v) is 9.33. The molecule has 0 aromatic heterocycles. The summed E-state index contributed by atoms with van der Waals surface area (Å²) in [7, 11) is 0. The number of hydrogen-bond donors (Lipinski definition) is 1. The summed E-state index contributed by atoms with van der Waals surface area (Å²) in [6.45, 7) is 6.91. The molecule has 2 amide bonds. The average molecular weight is 330 g/mol. The summed E-state index contributed by atoms with van der Waals surface area (Å²) in [6, 6.07) is 8.85. The third-order valence-corrected chi connectivity index (χ3v) is 5.33. The van der Waals surface area contributed by atoms with Crippen molar-refractivity contribution >= 4 is 6.03 Å². The predicted octanol–water partition coefficient (Wildman–Crippen LogP) is 3.53. The van der Waals surface area contributed by atoms with Crippen LogP contribution in [0.25, 0.3) is 0 Å². The Bertz CT molecular complexity index is 548. The lowest BCUT2D eigenvalue weighted by Gasteiger charge is -2.40. The monoisotopic (exact) mass is 330 g/mol. The van der Waals surface area contributed by atoms with Gasteiger partial charge in [-0.3, -0.25) is 0 Å². The molecule has 1 aromatic rings. The zero-order chi connectivity index (χ0) is 16.9. The van der Waals surface area contributed by atoms with Crippen LogP contribution in [-0.2, 0) is 11.2 Å². The maximum absolute atomic E-state index is 12.3. The van der Waals surface area contributed by atoms with E-state index in [4.69, 9.17) is 4.74 Å². The van der Waals surface area contributed by atoms with E-state index in [1.165, 1.54) is 24.0 Å². The van der Waals surface area contributed by atoms with Gasteiger partial charge in [-0.1, -0.05) is 24.3 Å². The minimum absolute atomic E-state index is 0.0934.